The van der Waals surface area contributed by atoms with Gasteiger partial charge < -0.3 is 14.2 Å². The Kier molecular flexibility index (Phi) is 12.6. The van der Waals surface area contributed by atoms with Gasteiger partial charge in [-0.1, -0.05) is 127 Å². The van der Waals surface area contributed by atoms with Crippen molar-refractivity contribution in [2.24, 2.45) is 0 Å². The van der Waals surface area contributed by atoms with Crippen molar-refractivity contribution in [3.05, 3.63) is 180 Å². The Balaban J connectivity index is 1.26. The molecule has 0 unspecified atom stereocenters. The zero-order valence-corrected chi connectivity index (χ0v) is 30.9. The summed E-state index contributed by atoms with van der Waals surface area (Å²) in [7, 11) is -4.35. The van der Waals surface area contributed by atoms with Crippen LogP contribution in [0.2, 0.25) is 0 Å². The minimum atomic E-state index is -4.35. The molecule has 282 valence electrons. The van der Waals surface area contributed by atoms with Gasteiger partial charge in [0.25, 0.3) is 10.1 Å². The second-order valence-electron chi connectivity index (χ2n) is 12.6. The third kappa shape index (κ3) is 10.3. The summed E-state index contributed by atoms with van der Waals surface area (Å²) in [6.07, 6.45) is -4.70. The van der Waals surface area contributed by atoms with Crippen molar-refractivity contribution in [1.29, 1.82) is 0 Å². The van der Waals surface area contributed by atoms with Crippen LogP contribution in [-0.2, 0) is 33.3 Å². The standard InChI is InChI=1S/C45H36O10S/c1-56(50,51)55-41(30-52-43(47)37-23-17-34(18-24-37)31-11-5-2-6-12-31)42(54-45(49)39-27-21-36(22-28-39)33-15-9-4-10-16-33)40(29-46)53-44(48)38-25-19-35(20-26-38)32-13-7-3-8-14-32/h2-29,40-42H,30H2,1H3/t40-,41+,42-/m1/s1. The lowest BCUT2D eigenvalue weighted by Crippen LogP contribution is -2.48. The molecule has 11 heteroatoms. The van der Waals surface area contributed by atoms with E-state index in [1.165, 1.54) is 36.4 Å². The molecule has 6 aromatic carbocycles. The van der Waals surface area contributed by atoms with Crippen LogP contribution < -0.4 is 0 Å². The van der Waals surface area contributed by atoms with Gasteiger partial charge in [-0.3, -0.25) is 8.98 Å². The number of rotatable bonds is 15. The zero-order valence-electron chi connectivity index (χ0n) is 30.1. The first-order valence-corrected chi connectivity index (χ1v) is 19.3. The largest absolute Gasteiger partial charge is 0.459 e. The van der Waals surface area contributed by atoms with Gasteiger partial charge in [-0.2, -0.15) is 8.42 Å². The van der Waals surface area contributed by atoms with Gasteiger partial charge in [-0.25, -0.2) is 14.4 Å². The second kappa shape index (κ2) is 18.1. The maximum absolute atomic E-state index is 13.6. The summed E-state index contributed by atoms with van der Waals surface area (Å²) in [4.78, 5) is 52.9. The summed E-state index contributed by atoms with van der Waals surface area (Å²) >= 11 is 0. The Morgan fingerprint density at radius 2 is 0.839 bits per heavy atom. The van der Waals surface area contributed by atoms with Crippen LogP contribution in [0.1, 0.15) is 31.1 Å². The van der Waals surface area contributed by atoms with E-state index in [0.717, 1.165) is 39.6 Å². The fourth-order valence-corrected chi connectivity index (χ4v) is 6.46. The Morgan fingerprint density at radius 1 is 0.500 bits per heavy atom. The van der Waals surface area contributed by atoms with Crippen LogP contribution in [0.3, 0.4) is 0 Å². The number of carbonyl (C=O) groups excluding carboxylic acids is 4. The number of aldehydes is 1. The first-order valence-electron chi connectivity index (χ1n) is 17.5. The molecule has 0 amide bonds. The molecule has 0 spiro atoms. The molecule has 0 aliphatic carbocycles. The van der Waals surface area contributed by atoms with Crippen LogP contribution in [0.15, 0.2) is 164 Å². The van der Waals surface area contributed by atoms with Crippen molar-refractivity contribution in [3.8, 4) is 33.4 Å². The van der Waals surface area contributed by atoms with E-state index in [1.807, 2.05) is 91.0 Å². The lowest BCUT2D eigenvalue weighted by atomic mass is 10.0. The molecule has 0 aromatic heterocycles. The van der Waals surface area contributed by atoms with E-state index >= 15 is 0 Å². The average molecular weight is 769 g/mol. The Morgan fingerprint density at radius 3 is 1.20 bits per heavy atom. The predicted molar refractivity (Wildman–Crippen MR) is 210 cm³/mol. The van der Waals surface area contributed by atoms with Crippen molar-refractivity contribution in [2.75, 3.05) is 12.9 Å². The molecule has 10 nitrogen and oxygen atoms in total. The summed E-state index contributed by atoms with van der Waals surface area (Å²) in [5, 5.41) is 0. The first kappa shape index (κ1) is 39.0. The van der Waals surface area contributed by atoms with Crippen LogP contribution in [0.5, 0.6) is 0 Å². The van der Waals surface area contributed by atoms with Crippen molar-refractivity contribution in [1.82, 2.24) is 0 Å². The van der Waals surface area contributed by atoms with Gasteiger partial charge in [0.15, 0.2) is 24.6 Å². The van der Waals surface area contributed by atoms with E-state index in [2.05, 4.69) is 0 Å². The molecule has 0 bridgehead atoms. The van der Waals surface area contributed by atoms with Crippen molar-refractivity contribution < 1.29 is 46.0 Å². The number of ether oxygens (including phenoxy) is 3. The number of hydrogen-bond acceptors (Lipinski definition) is 10. The molecular formula is C45H36O10S. The van der Waals surface area contributed by atoms with Crippen LogP contribution in [0.25, 0.3) is 33.4 Å². The molecule has 6 rings (SSSR count). The van der Waals surface area contributed by atoms with Gasteiger partial charge in [0.2, 0.25) is 0 Å². The van der Waals surface area contributed by atoms with E-state index < -0.39 is 52.9 Å². The molecule has 0 N–H and O–H groups in total. The smallest absolute Gasteiger partial charge is 0.338 e. The van der Waals surface area contributed by atoms with Crippen molar-refractivity contribution in [3.63, 3.8) is 0 Å². The highest BCUT2D eigenvalue weighted by molar-refractivity contribution is 7.86. The fourth-order valence-electron chi connectivity index (χ4n) is 5.84. The molecule has 0 saturated heterocycles. The second-order valence-corrected chi connectivity index (χ2v) is 14.2. The SMILES string of the molecule is CS(=O)(=O)O[C@@H](COC(=O)c1ccc(-c2ccccc2)cc1)[C@H](OC(=O)c1ccc(-c2ccccc2)cc1)[C@@H](C=O)OC(=O)c1ccc(-c2ccccc2)cc1. The Labute approximate surface area is 324 Å². The van der Waals surface area contributed by atoms with Gasteiger partial charge in [-0.15, -0.1) is 0 Å². The molecule has 0 aliphatic heterocycles. The zero-order chi connectivity index (χ0) is 39.5. The van der Waals surface area contributed by atoms with Crippen LogP contribution in [0.4, 0.5) is 0 Å². The van der Waals surface area contributed by atoms with Crippen LogP contribution in [0, 0.1) is 0 Å². The number of hydrogen-bond donors (Lipinski definition) is 0. The normalized spacial score (nSPS) is 12.7. The lowest BCUT2D eigenvalue weighted by Gasteiger charge is -2.29. The Hall–Kier alpha value is -6.69. The fraction of sp³-hybridized carbons (Fsp3) is 0.111. The third-order valence-electron chi connectivity index (χ3n) is 8.67. The topological polar surface area (TPSA) is 139 Å². The molecule has 0 saturated carbocycles. The molecule has 0 aliphatic rings. The van der Waals surface area contributed by atoms with Crippen LogP contribution >= 0.6 is 0 Å². The third-order valence-corrected chi connectivity index (χ3v) is 9.27. The van der Waals surface area contributed by atoms with Crippen molar-refractivity contribution in [2.45, 2.75) is 18.3 Å². The summed E-state index contributed by atoms with van der Waals surface area (Å²) < 4.78 is 47.2. The highest BCUT2D eigenvalue weighted by atomic mass is 32.2. The molecule has 56 heavy (non-hydrogen) atoms. The minimum absolute atomic E-state index is 0.0377. The molecule has 0 fully saturated rings. The lowest BCUT2D eigenvalue weighted by molar-refractivity contribution is -0.128. The average Bonchev–Trinajstić information content (AvgIpc) is 3.24. The molecule has 6 aromatic rings. The highest BCUT2D eigenvalue weighted by Gasteiger charge is 2.40. The molecule has 3 atom stereocenters. The highest BCUT2D eigenvalue weighted by Crippen LogP contribution is 2.24. The monoisotopic (exact) mass is 768 g/mol. The first-order chi connectivity index (χ1) is 27.1. The van der Waals surface area contributed by atoms with Gasteiger partial charge in [0, 0.05) is 0 Å². The maximum atomic E-state index is 13.6. The number of carbonyl (C=O) groups is 4. The van der Waals surface area contributed by atoms with E-state index in [-0.39, 0.29) is 23.0 Å². The van der Waals surface area contributed by atoms with Gasteiger partial charge in [-0.05, 0) is 69.8 Å². The number of esters is 3. The minimum Gasteiger partial charge on any atom is -0.459 e. The van der Waals surface area contributed by atoms with E-state index in [0.29, 0.717) is 0 Å². The molecular weight excluding hydrogens is 733 g/mol. The predicted octanol–water partition coefficient (Wildman–Crippen LogP) is 7.84. The summed E-state index contributed by atoms with van der Waals surface area (Å²) in [5.41, 5.74) is 5.42. The van der Waals surface area contributed by atoms with Gasteiger partial charge >= 0.3 is 17.9 Å². The summed E-state index contributed by atoms with van der Waals surface area (Å²) in [6, 6.07) is 47.6. The summed E-state index contributed by atoms with van der Waals surface area (Å²) in [5.74, 6) is -2.82. The van der Waals surface area contributed by atoms with Gasteiger partial charge in [0.05, 0.1) is 22.9 Å². The van der Waals surface area contributed by atoms with Crippen LogP contribution in [-0.4, -0.2) is 63.8 Å². The van der Waals surface area contributed by atoms with Crippen molar-refractivity contribution >= 4 is 34.3 Å². The summed E-state index contributed by atoms with van der Waals surface area (Å²) in [6.45, 7) is -0.815. The number of benzene rings is 6. The quantitative estimate of drug-likeness (QED) is 0.0440. The van der Waals surface area contributed by atoms with Gasteiger partial charge in [0.1, 0.15) is 6.61 Å². The Bertz CT molecular complexity index is 2360. The van der Waals surface area contributed by atoms with E-state index in [4.69, 9.17) is 18.4 Å². The van der Waals surface area contributed by atoms with E-state index in [9.17, 15) is 27.6 Å². The van der Waals surface area contributed by atoms with E-state index in [1.54, 1.807) is 36.4 Å². The maximum Gasteiger partial charge on any atom is 0.338 e. The molecule has 0 heterocycles. The molecule has 0 radical (unpaired) electrons.